The number of nitrogens with zero attached hydrogens (tertiary/aromatic N) is 2. The fraction of sp³-hybridized carbons (Fsp3) is 0.292. The summed E-state index contributed by atoms with van der Waals surface area (Å²) in [5.74, 6) is 0.528. The molecule has 2 atom stereocenters. The smallest absolute Gasteiger partial charge is 0.0515 e. The van der Waals surface area contributed by atoms with Crippen LogP contribution in [-0.2, 0) is 13.0 Å². The normalized spacial score (nSPS) is 19.2. The molecular weight excluding hydrogens is 344 g/mol. The van der Waals surface area contributed by atoms with Crippen molar-refractivity contribution in [3.8, 4) is 0 Å². The van der Waals surface area contributed by atoms with Gasteiger partial charge in [-0.25, -0.2) is 5.43 Å². The molecule has 2 aromatic carbocycles. The predicted octanol–water partition coefficient (Wildman–Crippen LogP) is 3.59. The second-order valence-corrected chi connectivity index (χ2v) is 7.50. The Morgan fingerprint density at radius 1 is 0.857 bits per heavy atom. The quantitative estimate of drug-likeness (QED) is 0.634. The molecule has 4 heteroatoms. The summed E-state index contributed by atoms with van der Waals surface area (Å²) in [4.78, 5) is 6.74. The predicted molar refractivity (Wildman–Crippen MR) is 113 cm³/mol. The number of hydrogen-bond donors (Lipinski definition) is 2. The largest absolute Gasteiger partial charge is 0.298 e. The highest BCUT2D eigenvalue weighted by atomic mass is 15.4. The van der Waals surface area contributed by atoms with Crippen LogP contribution in [0.25, 0.3) is 0 Å². The summed E-state index contributed by atoms with van der Waals surface area (Å²) in [6, 6.07) is 26.1. The van der Waals surface area contributed by atoms with Gasteiger partial charge in [0.05, 0.1) is 6.04 Å². The fourth-order valence-corrected chi connectivity index (χ4v) is 3.97. The first kappa shape index (κ1) is 18.8. The van der Waals surface area contributed by atoms with Crippen molar-refractivity contribution >= 4 is 0 Å². The number of aromatic nitrogens is 1. The second kappa shape index (κ2) is 9.60. The maximum absolute atomic E-state index is 4.16. The van der Waals surface area contributed by atoms with Crippen LogP contribution in [0.1, 0.15) is 22.7 Å². The van der Waals surface area contributed by atoms with Crippen LogP contribution in [0.3, 0.4) is 0 Å². The molecule has 0 radical (unpaired) electrons. The Bertz CT molecular complexity index is 823. The summed E-state index contributed by atoms with van der Waals surface area (Å²) in [5.41, 5.74) is 10.9. The van der Waals surface area contributed by atoms with E-state index in [-0.39, 0.29) is 0 Å². The Hall–Kier alpha value is -2.53. The number of hydrazine groups is 1. The topological polar surface area (TPSA) is 40.2 Å². The summed E-state index contributed by atoms with van der Waals surface area (Å²) >= 11 is 0. The minimum absolute atomic E-state index is 0.345. The summed E-state index contributed by atoms with van der Waals surface area (Å²) < 4.78 is 0. The number of rotatable bonds is 8. The lowest BCUT2D eigenvalue weighted by Crippen LogP contribution is -2.34. The molecule has 144 valence electrons. The maximum Gasteiger partial charge on any atom is 0.0515 e. The number of nitrogens with one attached hydrogen (secondary N) is 2. The molecule has 4 nitrogen and oxygen atoms in total. The molecule has 0 aliphatic carbocycles. The lowest BCUT2D eigenvalue weighted by molar-refractivity contribution is 0.220. The first-order valence-electron chi connectivity index (χ1n) is 10.1. The monoisotopic (exact) mass is 372 g/mol. The maximum atomic E-state index is 4.16. The highest BCUT2D eigenvalue weighted by molar-refractivity contribution is 5.21. The van der Waals surface area contributed by atoms with Crippen LogP contribution in [0.4, 0.5) is 0 Å². The Morgan fingerprint density at radius 3 is 2.32 bits per heavy atom. The molecule has 2 heterocycles. The average Bonchev–Trinajstić information content (AvgIpc) is 3.22. The third-order valence-electron chi connectivity index (χ3n) is 5.46. The Kier molecular flexibility index (Phi) is 6.45. The zero-order valence-electron chi connectivity index (χ0n) is 16.2. The van der Waals surface area contributed by atoms with Crippen LogP contribution >= 0.6 is 0 Å². The molecule has 0 saturated carbocycles. The van der Waals surface area contributed by atoms with Gasteiger partial charge in [-0.3, -0.25) is 15.3 Å². The van der Waals surface area contributed by atoms with E-state index in [0.717, 1.165) is 32.6 Å². The second-order valence-electron chi connectivity index (χ2n) is 7.50. The van der Waals surface area contributed by atoms with Gasteiger partial charge in [-0.05, 0) is 35.2 Å². The molecule has 2 unspecified atom stereocenters. The van der Waals surface area contributed by atoms with Gasteiger partial charge in [0.15, 0.2) is 0 Å². The van der Waals surface area contributed by atoms with Crippen molar-refractivity contribution in [1.29, 1.82) is 0 Å². The molecule has 1 fully saturated rings. The SMILES string of the molecule is c1ccc(CCN(Cc2ccncc2)CC2CNNC2c2ccccc2)cc1. The van der Waals surface area contributed by atoms with Crippen LogP contribution in [-0.4, -0.2) is 29.5 Å². The van der Waals surface area contributed by atoms with Crippen molar-refractivity contribution in [2.24, 2.45) is 5.92 Å². The van der Waals surface area contributed by atoms with Crippen molar-refractivity contribution in [2.75, 3.05) is 19.6 Å². The molecule has 0 bridgehead atoms. The fourth-order valence-electron chi connectivity index (χ4n) is 3.97. The summed E-state index contributed by atoms with van der Waals surface area (Å²) in [6.07, 6.45) is 4.84. The Labute approximate surface area is 167 Å². The average molecular weight is 373 g/mol. The molecule has 1 aromatic heterocycles. The zero-order chi connectivity index (χ0) is 19.0. The van der Waals surface area contributed by atoms with Crippen molar-refractivity contribution < 1.29 is 0 Å². The van der Waals surface area contributed by atoms with E-state index < -0.39 is 0 Å². The van der Waals surface area contributed by atoms with Gasteiger partial charge in [-0.2, -0.15) is 0 Å². The Balaban J connectivity index is 1.46. The number of hydrogen-bond acceptors (Lipinski definition) is 4. The van der Waals surface area contributed by atoms with E-state index in [1.807, 2.05) is 12.4 Å². The molecule has 4 rings (SSSR count). The van der Waals surface area contributed by atoms with Crippen LogP contribution in [0.5, 0.6) is 0 Å². The van der Waals surface area contributed by atoms with Gasteiger partial charge in [0.25, 0.3) is 0 Å². The molecule has 1 aliphatic rings. The van der Waals surface area contributed by atoms with Crippen molar-refractivity contribution in [2.45, 2.75) is 19.0 Å². The molecule has 1 saturated heterocycles. The van der Waals surface area contributed by atoms with Crippen LogP contribution in [0.2, 0.25) is 0 Å². The molecule has 3 aromatic rings. The lowest BCUT2D eigenvalue weighted by atomic mass is 9.94. The van der Waals surface area contributed by atoms with Crippen molar-refractivity contribution in [3.05, 3.63) is 102 Å². The van der Waals surface area contributed by atoms with E-state index in [4.69, 9.17) is 0 Å². The van der Waals surface area contributed by atoms with E-state index in [1.54, 1.807) is 0 Å². The van der Waals surface area contributed by atoms with Gasteiger partial charge in [0.1, 0.15) is 0 Å². The molecule has 0 spiro atoms. The van der Waals surface area contributed by atoms with Crippen LogP contribution < -0.4 is 10.9 Å². The standard InChI is InChI=1S/C24H28N4/c1-3-7-20(8-4-1)13-16-28(18-21-11-14-25-15-12-21)19-23-17-26-27-24(23)22-9-5-2-6-10-22/h1-12,14-15,23-24,26-27H,13,16-19H2. The number of benzene rings is 2. The molecule has 0 amide bonds. The van der Waals surface area contributed by atoms with Crippen LogP contribution in [0.15, 0.2) is 85.2 Å². The molecular formula is C24H28N4. The van der Waals surface area contributed by atoms with E-state index >= 15 is 0 Å². The van der Waals surface area contributed by atoms with Gasteiger partial charge in [-0.1, -0.05) is 60.7 Å². The van der Waals surface area contributed by atoms with Gasteiger partial charge in [0, 0.05) is 44.5 Å². The van der Waals surface area contributed by atoms with Gasteiger partial charge < -0.3 is 0 Å². The Morgan fingerprint density at radius 2 is 1.57 bits per heavy atom. The minimum Gasteiger partial charge on any atom is -0.298 e. The molecule has 28 heavy (non-hydrogen) atoms. The minimum atomic E-state index is 0.345. The summed E-state index contributed by atoms with van der Waals surface area (Å²) in [5, 5.41) is 0. The third kappa shape index (κ3) is 5.04. The highest BCUT2D eigenvalue weighted by Crippen LogP contribution is 2.26. The van der Waals surface area contributed by atoms with E-state index in [1.165, 1.54) is 16.7 Å². The van der Waals surface area contributed by atoms with Crippen molar-refractivity contribution in [3.63, 3.8) is 0 Å². The first-order valence-corrected chi connectivity index (χ1v) is 10.1. The van der Waals surface area contributed by atoms with E-state index in [2.05, 4.69) is 93.5 Å². The molecule has 1 aliphatic heterocycles. The van der Waals surface area contributed by atoms with Gasteiger partial charge in [-0.15, -0.1) is 0 Å². The van der Waals surface area contributed by atoms with E-state index in [0.29, 0.717) is 12.0 Å². The summed E-state index contributed by atoms with van der Waals surface area (Å²) in [7, 11) is 0. The first-order chi connectivity index (χ1) is 13.9. The van der Waals surface area contributed by atoms with Gasteiger partial charge >= 0.3 is 0 Å². The molecule has 2 N–H and O–H groups in total. The zero-order valence-corrected chi connectivity index (χ0v) is 16.2. The van der Waals surface area contributed by atoms with E-state index in [9.17, 15) is 0 Å². The van der Waals surface area contributed by atoms with Gasteiger partial charge in [0.2, 0.25) is 0 Å². The van der Waals surface area contributed by atoms with Crippen molar-refractivity contribution in [1.82, 2.24) is 20.7 Å². The highest BCUT2D eigenvalue weighted by Gasteiger charge is 2.29. The van der Waals surface area contributed by atoms with Crippen LogP contribution in [0, 0.1) is 5.92 Å². The summed E-state index contributed by atoms with van der Waals surface area (Å²) in [6.45, 7) is 4.03. The lowest BCUT2D eigenvalue weighted by Gasteiger charge is -2.28. The third-order valence-corrected chi connectivity index (χ3v) is 5.46. The number of pyridine rings is 1.